The van der Waals surface area contributed by atoms with E-state index >= 15 is 0 Å². The van der Waals surface area contributed by atoms with Crippen LogP contribution in [0.25, 0.3) is 0 Å². The first kappa shape index (κ1) is 13.3. The van der Waals surface area contributed by atoms with Crippen LogP contribution in [0.4, 0.5) is 5.82 Å². The third kappa shape index (κ3) is 2.98. The number of sulfonamides is 1. The van der Waals surface area contributed by atoms with Gasteiger partial charge in [0.05, 0.1) is 13.2 Å². The van der Waals surface area contributed by atoms with Gasteiger partial charge < -0.3 is 9.64 Å². The van der Waals surface area contributed by atoms with Crippen molar-refractivity contribution in [2.24, 2.45) is 0 Å². The predicted molar refractivity (Wildman–Crippen MR) is 68.1 cm³/mol. The average molecular weight is 271 g/mol. The number of pyridine rings is 1. The van der Waals surface area contributed by atoms with Gasteiger partial charge in [0.15, 0.2) is 0 Å². The topological polar surface area (TPSA) is 71.5 Å². The van der Waals surface area contributed by atoms with E-state index in [4.69, 9.17) is 4.74 Å². The van der Waals surface area contributed by atoms with Crippen molar-refractivity contribution in [3.63, 3.8) is 0 Å². The summed E-state index contributed by atoms with van der Waals surface area (Å²) in [5.74, 6) is 0.786. The summed E-state index contributed by atoms with van der Waals surface area (Å²) in [6.07, 6.45) is 1.39. The second-order valence-corrected chi connectivity index (χ2v) is 5.72. The van der Waals surface area contributed by atoms with Gasteiger partial charge in [-0.05, 0) is 12.1 Å². The van der Waals surface area contributed by atoms with E-state index in [2.05, 4.69) is 14.6 Å². The predicted octanol–water partition coefficient (Wildman–Crippen LogP) is 0.216. The molecule has 0 aromatic carbocycles. The van der Waals surface area contributed by atoms with E-state index in [0.29, 0.717) is 19.8 Å². The van der Waals surface area contributed by atoms with Crippen LogP contribution in [0, 0.1) is 0 Å². The van der Waals surface area contributed by atoms with Crippen LogP contribution < -0.4 is 9.62 Å². The molecule has 0 amide bonds. The van der Waals surface area contributed by atoms with E-state index < -0.39 is 10.0 Å². The number of aromatic nitrogens is 1. The Morgan fingerprint density at radius 1 is 1.39 bits per heavy atom. The first-order chi connectivity index (χ1) is 8.63. The molecular weight excluding hydrogens is 254 g/mol. The van der Waals surface area contributed by atoms with Gasteiger partial charge in [0.1, 0.15) is 10.7 Å². The van der Waals surface area contributed by atoms with Crippen molar-refractivity contribution in [1.29, 1.82) is 0 Å². The summed E-state index contributed by atoms with van der Waals surface area (Å²) < 4.78 is 31.2. The monoisotopic (exact) mass is 271 g/mol. The van der Waals surface area contributed by atoms with Crippen molar-refractivity contribution in [3.8, 4) is 0 Å². The largest absolute Gasteiger partial charge is 0.378 e. The van der Waals surface area contributed by atoms with Crippen LogP contribution in [0.5, 0.6) is 0 Å². The number of rotatable bonds is 4. The molecule has 1 aliphatic rings. The Labute approximate surface area is 107 Å². The Hall–Kier alpha value is -1.18. The fourth-order valence-corrected chi connectivity index (χ4v) is 2.77. The van der Waals surface area contributed by atoms with Gasteiger partial charge in [-0.2, -0.15) is 0 Å². The Morgan fingerprint density at radius 2 is 2.11 bits per heavy atom. The van der Waals surface area contributed by atoms with Crippen LogP contribution in [0.3, 0.4) is 0 Å². The Bertz CT molecular complexity index is 481. The quantitative estimate of drug-likeness (QED) is 0.848. The van der Waals surface area contributed by atoms with Gasteiger partial charge in [-0.1, -0.05) is 6.92 Å². The molecule has 18 heavy (non-hydrogen) atoms. The van der Waals surface area contributed by atoms with E-state index in [-0.39, 0.29) is 4.90 Å². The van der Waals surface area contributed by atoms with E-state index in [9.17, 15) is 8.42 Å². The maximum atomic E-state index is 11.7. The Kier molecular flexibility index (Phi) is 4.15. The number of hydrogen-bond donors (Lipinski definition) is 1. The Balaban J connectivity index is 2.14. The third-order valence-corrected chi connectivity index (χ3v) is 4.23. The summed E-state index contributed by atoms with van der Waals surface area (Å²) in [7, 11) is -3.41. The molecule has 0 radical (unpaired) electrons. The molecule has 100 valence electrons. The van der Waals surface area contributed by atoms with Crippen molar-refractivity contribution in [2.75, 3.05) is 37.7 Å². The molecule has 0 spiro atoms. The van der Waals surface area contributed by atoms with Gasteiger partial charge in [-0.3, -0.25) is 0 Å². The molecule has 0 atom stereocenters. The van der Waals surface area contributed by atoms with Gasteiger partial charge >= 0.3 is 0 Å². The van der Waals surface area contributed by atoms with Crippen molar-refractivity contribution in [3.05, 3.63) is 18.3 Å². The first-order valence-corrected chi connectivity index (χ1v) is 7.40. The van der Waals surface area contributed by atoms with Gasteiger partial charge in [-0.25, -0.2) is 18.1 Å². The number of ether oxygens (including phenoxy) is 1. The zero-order valence-corrected chi connectivity index (χ0v) is 11.1. The van der Waals surface area contributed by atoms with E-state index in [1.54, 1.807) is 19.1 Å². The fourth-order valence-electron chi connectivity index (χ4n) is 1.78. The molecule has 0 unspecified atom stereocenters. The van der Waals surface area contributed by atoms with E-state index in [1.807, 2.05) is 0 Å². The second kappa shape index (κ2) is 5.64. The van der Waals surface area contributed by atoms with Gasteiger partial charge in [-0.15, -0.1) is 0 Å². The molecule has 1 saturated heterocycles. The Morgan fingerprint density at radius 3 is 2.67 bits per heavy atom. The molecule has 0 aliphatic carbocycles. The van der Waals surface area contributed by atoms with Crippen molar-refractivity contribution < 1.29 is 13.2 Å². The van der Waals surface area contributed by atoms with Crippen LogP contribution >= 0.6 is 0 Å². The molecule has 0 saturated carbocycles. The summed E-state index contributed by atoms with van der Waals surface area (Å²) in [6.45, 7) is 5.04. The summed E-state index contributed by atoms with van der Waals surface area (Å²) >= 11 is 0. The number of nitrogens with one attached hydrogen (secondary N) is 1. The molecule has 1 aromatic heterocycles. The summed E-state index contributed by atoms with van der Waals surface area (Å²) in [4.78, 5) is 6.47. The highest BCUT2D eigenvalue weighted by atomic mass is 32.2. The van der Waals surface area contributed by atoms with Crippen LogP contribution in [-0.2, 0) is 14.8 Å². The summed E-state index contributed by atoms with van der Waals surface area (Å²) in [6, 6.07) is 3.31. The van der Waals surface area contributed by atoms with E-state index in [1.165, 1.54) is 6.20 Å². The fraction of sp³-hybridized carbons (Fsp3) is 0.545. The van der Waals surface area contributed by atoms with Crippen molar-refractivity contribution >= 4 is 15.8 Å². The van der Waals surface area contributed by atoms with Gasteiger partial charge in [0, 0.05) is 25.8 Å². The molecule has 1 N–H and O–H groups in total. The van der Waals surface area contributed by atoms with Gasteiger partial charge in [0.25, 0.3) is 0 Å². The molecule has 6 nitrogen and oxygen atoms in total. The SMILES string of the molecule is CCNS(=O)(=O)c1ccc(N2CCOCC2)nc1. The lowest BCUT2D eigenvalue weighted by Crippen LogP contribution is -2.36. The number of nitrogens with zero attached hydrogens (tertiary/aromatic N) is 2. The van der Waals surface area contributed by atoms with E-state index in [0.717, 1.165) is 18.9 Å². The second-order valence-electron chi connectivity index (χ2n) is 3.95. The molecule has 1 fully saturated rings. The minimum absolute atomic E-state index is 0.196. The number of hydrogen-bond acceptors (Lipinski definition) is 5. The molecule has 7 heteroatoms. The minimum Gasteiger partial charge on any atom is -0.378 e. The van der Waals surface area contributed by atoms with Gasteiger partial charge in [0.2, 0.25) is 10.0 Å². The number of morpholine rings is 1. The number of anilines is 1. The van der Waals surface area contributed by atoms with Crippen molar-refractivity contribution in [2.45, 2.75) is 11.8 Å². The lowest BCUT2D eigenvalue weighted by Gasteiger charge is -2.27. The van der Waals surface area contributed by atoms with Crippen LogP contribution in [0.2, 0.25) is 0 Å². The van der Waals surface area contributed by atoms with Crippen LogP contribution in [-0.4, -0.2) is 46.2 Å². The molecule has 1 aromatic rings. The smallest absolute Gasteiger partial charge is 0.242 e. The zero-order valence-electron chi connectivity index (χ0n) is 10.3. The van der Waals surface area contributed by atoms with Crippen LogP contribution in [0.1, 0.15) is 6.92 Å². The minimum atomic E-state index is -3.41. The van der Waals surface area contributed by atoms with Crippen molar-refractivity contribution in [1.82, 2.24) is 9.71 Å². The third-order valence-electron chi connectivity index (χ3n) is 2.70. The maximum Gasteiger partial charge on any atom is 0.242 e. The molecule has 2 heterocycles. The standard InChI is InChI=1S/C11H17N3O3S/c1-2-13-18(15,16)10-3-4-11(12-9-10)14-5-7-17-8-6-14/h3-4,9,13H,2,5-8H2,1H3. The lowest BCUT2D eigenvalue weighted by atomic mass is 10.4. The molecule has 0 bridgehead atoms. The molecular formula is C11H17N3O3S. The van der Waals surface area contributed by atoms with Crippen LogP contribution in [0.15, 0.2) is 23.2 Å². The zero-order chi connectivity index (χ0) is 13.0. The molecule has 2 rings (SSSR count). The highest BCUT2D eigenvalue weighted by molar-refractivity contribution is 7.89. The summed E-state index contributed by atoms with van der Waals surface area (Å²) in [5, 5.41) is 0. The summed E-state index contributed by atoms with van der Waals surface area (Å²) in [5.41, 5.74) is 0. The maximum absolute atomic E-state index is 11.7. The molecule has 1 aliphatic heterocycles. The first-order valence-electron chi connectivity index (χ1n) is 5.92. The normalized spacial score (nSPS) is 16.8. The highest BCUT2D eigenvalue weighted by Gasteiger charge is 2.16. The highest BCUT2D eigenvalue weighted by Crippen LogP contribution is 2.15. The lowest BCUT2D eigenvalue weighted by molar-refractivity contribution is 0.122. The average Bonchev–Trinajstić information content (AvgIpc) is 2.40.